The topological polar surface area (TPSA) is 99.3 Å². The van der Waals surface area contributed by atoms with Gasteiger partial charge in [-0.25, -0.2) is 8.42 Å². The van der Waals surface area contributed by atoms with E-state index in [1.165, 1.54) is 30.6 Å². The van der Waals surface area contributed by atoms with Crippen molar-refractivity contribution in [2.75, 3.05) is 4.72 Å². The van der Waals surface area contributed by atoms with Gasteiger partial charge in [0.05, 0.1) is 6.42 Å². The van der Waals surface area contributed by atoms with E-state index in [0.717, 1.165) is 0 Å². The Morgan fingerprint density at radius 3 is 2.42 bits per heavy atom. The maximum atomic E-state index is 11.9. The average Bonchev–Trinajstić information content (AvgIpc) is 2.85. The molecule has 0 saturated heterocycles. The second-order valence-electron chi connectivity index (χ2n) is 3.92. The first-order chi connectivity index (χ1) is 8.97. The predicted octanol–water partition coefficient (Wildman–Crippen LogP) is 1.44. The normalized spacial score (nSPS) is 11.2. The molecule has 19 heavy (non-hydrogen) atoms. The fraction of sp³-hybridized carbons (Fsp3) is 0.0833. The molecule has 3 N–H and O–H groups in total. The number of carboxylic acid groups (broad SMARTS) is 1. The Labute approximate surface area is 110 Å². The van der Waals surface area contributed by atoms with Gasteiger partial charge in [-0.3, -0.25) is 9.52 Å². The summed E-state index contributed by atoms with van der Waals surface area (Å²) >= 11 is 0. The fourth-order valence-corrected chi connectivity index (χ4v) is 2.59. The third-order valence-corrected chi connectivity index (χ3v) is 3.82. The number of carboxylic acids is 1. The van der Waals surface area contributed by atoms with Crippen LogP contribution in [0.4, 0.5) is 5.69 Å². The lowest BCUT2D eigenvalue weighted by Crippen LogP contribution is -2.12. The van der Waals surface area contributed by atoms with Crippen LogP contribution in [0.3, 0.4) is 0 Å². The van der Waals surface area contributed by atoms with E-state index in [-0.39, 0.29) is 11.3 Å². The fourth-order valence-electron chi connectivity index (χ4n) is 1.56. The van der Waals surface area contributed by atoms with Crippen LogP contribution in [0, 0.1) is 0 Å². The van der Waals surface area contributed by atoms with Gasteiger partial charge in [0.2, 0.25) is 0 Å². The van der Waals surface area contributed by atoms with Gasteiger partial charge >= 0.3 is 5.97 Å². The Morgan fingerprint density at radius 1 is 1.21 bits per heavy atom. The molecule has 100 valence electrons. The summed E-state index contributed by atoms with van der Waals surface area (Å²) in [6, 6.07) is 7.65. The van der Waals surface area contributed by atoms with Crippen molar-refractivity contribution in [1.29, 1.82) is 0 Å². The maximum absolute atomic E-state index is 11.9. The van der Waals surface area contributed by atoms with Crippen molar-refractivity contribution in [3.8, 4) is 0 Å². The molecule has 1 heterocycles. The Hall–Kier alpha value is -2.28. The summed E-state index contributed by atoms with van der Waals surface area (Å²) < 4.78 is 26.2. The molecule has 0 unspecified atom stereocenters. The zero-order valence-electron chi connectivity index (χ0n) is 9.83. The third kappa shape index (κ3) is 3.35. The lowest BCUT2D eigenvalue weighted by molar-refractivity contribution is -0.136. The SMILES string of the molecule is O=C(O)Cc1ccc(NS(=O)(=O)c2cc[nH]c2)cc1. The number of hydrogen-bond acceptors (Lipinski definition) is 3. The molecule has 6 nitrogen and oxygen atoms in total. The minimum Gasteiger partial charge on any atom is -0.481 e. The van der Waals surface area contributed by atoms with Crippen molar-refractivity contribution in [3.63, 3.8) is 0 Å². The molecule has 0 aliphatic rings. The van der Waals surface area contributed by atoms with Gasteiger partial charge in [-0.15, -0.1) is 0 Å². The molecule has 0 aliphatic carbocycles. The Morgan fingerprint density at radius 2 is 1.89 bits per heavy atom. The van der Waals surface area contributed by atoms with E-state index in [4.69, 9.17) is 5.11 Å². The number of carbonyl (C=O) groups is 1. The van der Waals surface area contributed by atoms with Gasteiger partial charge in [-0.1, -0.05) is 12.1 Å². The van der Waals surface area contributed by atoms with Crippen molar-refractivity contribution < 1.29 is 18.3 Å². The van der Waals surface area contributed by atoms with E-state index in [9.17, 15) is 13.2 Å². The summed E-state index contributed by atoms with van der Waals surface area (Å²) in [5.41, 5.74) is 0.993. The number of hydrogen-bond donors (Lipinski definition) is 3. The smallest absolute Gasteiger partial charge is 0.307 e. The first-order valence-corrected chi connectivity index (χ1v) is 6.92. The van der Waals surface area contributed by atoms with Crippen molar-refractivity contribution in [2.45, 2.75) is 11.3 Å². The molecule has 1 aromatic heterocycles. The van der Waals surface area contributed by atoms with Crippen molar-refractivity contribution in [1.82, 2.24) is 4.98 Å². The van der Waals surface area contributed by atoms with Crippen LogP contribution in [0.1, 0.15) is 5.56 Å². The van der Waals surface area contributed by atoms with Crippen LogP contribution in [-0.4, -0.2) is 24.5 Å². The van der Waals surface area contributed by atoms with Gasteiger partial charge in [0.25, 0.3) is 10.0 Å². The zero-order valence-corrected chi connectivity index (χ0v) is 10.6. The van der Waals surface area contributed by atoms with Gasteiger partial charge in [0.1, 0.15) is 4.90 Å². The minimum absolute atomic E-state index is 0.0924. The second kappa shape index (κ2) is 5.15. The van der Waals surface area contributed by atoms with Crippen LogP contribution in [0.25, 0.3) is 0 Å². The lowest BCUT2D eigenvalue weighted by atomic mass is 10.1. The molecule has 0 aliphatic heterocycles. The molecule has 2 rings (SSSR count). The Kier molecular flexibility index (Phi) is 3.57. The summed E-state index contributed by atoms with van der Waals surface area (Å²) in [4.78, 5) is 13.3. The number of H-pyrrole nitrogens is 1. The summed E-state index contributed by atoms with van der Waals surface area (Å²) in [5.74, 6) is -0.930. The number of sulfonamides is 1. The monoisotopic (exact) mass is 280 g/mol. The van der Waals surface area contributed by atoms with E-state index < -0.39 is 16.0 Å². The Bertz CT molecular complexity index is 660. The highest BCUT2D eigenvalue weighted by molar-refractivity contribution is 7.92. The molecule has 0 saturated carbocycles. The van der Waals surface area contributed by atoms with Gasteiger partial charge in [-0.05, 0) is 23.8 Å². The van der Waals surface area contributed by atoms with Crippen molar-refractivity contribution in [2.24, 2.45) is 0 Å². The van der Waals surface area contributed by atoms with E-state index >= 15 is 0 Å². The molecule has 0 amide bonds. The van der Waals surface area contributed by atoms with Crippen LogP contribution in [0.2, 0.25) is 0 Å². The highest BCUT2D eigenvalue weighted by Crippen LogP contribution is 2.16. The van der Waals surface area contributed by atoms with Gasteiger partial charge in [0, 0.05) is 18.1 Å². The third-order valence-electron chi connectivity index (χ3n) is 2.44. The standard InChI is InChI=1S/C12H12N2O4S/c15-12(16)7-9-1-3-10(4-2-9)14-19(17,18)11-5-6-13-8-11/h1-6,8,13-14H,7H2,(H,15,16). The van der Waals surface area contributed by atoms with E-state index in [0.29, 0.717) is 11.3 Å². The summed E-state index contributed by atoms with van der Waals surface area (Å²) in [7, 11) is -3.60. The number of anilines is 1. The second-order valence-corrected chi connectivity index (χ2v) is 5.60. The molecular weight excluding hydrogens is 268 g/mol. The van der Waals surface area contributed by atoms with E-state index in [1.807, 2.05) is 0 Å². The highest BCUT2D eigenvalue weighted by atomic mass is 32.2. The lowest BCUT2D eigenvalue weighted by Gasteiger charge is -2.06. The van der Waals surface area contributed by atoms with Crippen LogP contribution in [-0.2, 0) is 21.2 Å². The van der Waals surface area contributed by atoms with Crippen LogP contribution in [0.15, 0.2) is 47.6 Å². The number of aromatic amines is 1. The molecule has 7 heteroatoms. The summed E-state index contributed by atoms with van der Waals surface area (Å²) in [6.45, 7) is 0. The maximum Gasteiger partial charge on any atom is 0.307 e. The highest BCUT2D eigenvalue weighted by Gasteiger charge is 2.14. The minimum atomic E-state index is -3.60. The average molecular weight is 280 g/mol. The van der Waals surface area contributed by atoms with E-state index in [1.54, 1.807) is 12.1 Å². The van der Waals surface area contributed by atoms with Crippen LogP contribution in [0.5, 0.6) is 0 Å². The molecule has 0 spiro atoms. The molecule has 1 aromatic carbocycles. The largest absolute Gasteiger partial charge is 0.481 e. The summed E-state index contributed by atoms with van der Waals surface area (Å²) in [6.07, 6.45) is 2.80. The van der Waals surface area contributed by atoms with Crippen molar-refractivity contribution >= 4 is 21.7 Å². The number of aliphatic carboxylic acids is 1. The number of nitrogens with one attached hydrogen (secondary N) is 2. The number of benzene rings is 1. The number of aromatic nitrogens is 1. The molecule has 2 aromatic rings. The van der Waals surface area contributed by atoms with Gasteiger partial charge in [-0.2, -0.15) is 0 Å². The first-order valence-electron chi connectivity index (χ1n) is 5.44. The zero-order chi connectivity index (χ0) is 13.9. The Balaban J connectivity index is 2.14. The first kappa shape index (κ1) is 13.2. The quantitative estimate of drug-likeness (QED) is 0.771. The van der Waals surface area contributed by atoms with Crippen LogP contribution < -0.4 is 4.72 Å². The molecular formula is C12H12N2O4S. The molecule has 0 fully saturated rings. The molecule has 0 bridgehead atoms. The molecule has 0 atom stereocenters. The predicted molar refractivity (Wildman–Crippen MR) is 69.4 cm³/mol. The van der Waals surface area contributed by atoms with Crippen molar-refractivity contribution in [3.05, 3.63) is 48.3 Å². The van der Waals surface area contributed by atoms with E-state index in [2.05, 4.69) is 9.71 Å². The van der Waals surface area contributed by atoms with Crippen LogP contribution >= 0.6 is 0 Å². The number of rotatable bonds is 5. The molecule has 0 radical (unpaired) electrons. The van der Waals surface area contributed by atoms with Gasteiger partial charge in [0.15, 0.2) is 0 Å². The van der Waals surface area contributed by atoms with Gasteiger partial charge < -0.3 is 10.1 Å². The summed E-state index contributed by atoms with van der Waals surface area (Å²) in [5, 5.41) is 8.63.